The largest absolute Gasteiger partial charge is 0.382 e. The zero-order valence-corrected chi connectivity index (χ0v) is 11.9. The van der Waals surface area contributed by atoms with E-state index in [4.69, 9.17) is 21.1 Å². The summed E-state index contributed by atoms with van der Waals surface area (Å²) in [6, 6.07) is 8.22. The van der Waals surface area contributed by atoms with Crippen LogP contribution in [0.3, 0.4) is 0 Å². The van der Waals surface area contributed by atoms with Crippen molar-refractivity contribution in [1.29, 1.82) is 0 Å². The number of rotatable bonds is 9. The Morgan fingerprint density at radius 3 is 2.72 bits per heavy atom. The molecule has 0 radical (unpaired) electrons. The SMILES string of the molecule is CCNC(COCCOC)Cc1ccccc1Cl. The number of ether oxygens (including phenoxy) is 2. The maximum Gasteiger partial charge on any atom is 0.0701 e. The smallest absolute Gasteiger partial charge is 0.0701 e. The van der Waals surface area contributed by atoms with Gasteiger partial charge in [-0.2, -0.15) is 0 Å². The second kappa shape index (κ2) is 9.34. The van der Waals surface area contributed by atoms with Gasteiger partial charge in [0, 0.05) is 18.2 Å². The lowest BCUT2D eigenvalue weighted by molar-refractivity contribution is 0.0589. The quantitative estimate of drug-likeness (QED) is 0.700. The highest BCUT2D eigenvalue weighted by molar-refractivity contribution is 6.31. The van der Waals surface area contributed by atoms with Gasteiger partial charge in [0.1, 0.15) is 0 Å². The van der Waals surface area contributed by atoms with Crippen LogP contribution in [0, 0.1) is 0 Å². The van der Waals surface area contributed by atoms with Gasteiger partial charge >= 0.3 is 0 Å². The minimum atomic E-state index is 0.284. The van der Waals surface area contributed by atoms with Crippen molar-refractivity contribution in [3.05, 3.63) is 34.9 Å². The predicted octanol–water partition coefficient (Wildman–Crippen LogP) is 2.52. The molecule has 1 aromatic carbocycles. The molecule has 0 saturated heterocycles. The predicted molar refractivity (Wildman–Crippen MR) is 75.3 cm³/mol. The van der Waals surface area contributed by atoms with Gasteiger partial charge in [-0.3, -0.25) is 0 Å². The first-order valence-electron chi connectivity index (χ1n) is 6.31. The number of methoxy groups -OCH3 is 1. The fourth-order valence-corrected chi connectivity index (χ4v) is 1.99. The van der Waals surface area contributed by atoms with Crippen LogP contribution in [0.4, 0.5) is 0 Å². The summed E-state index contributed by atoms with van der Waals surface area (Å²) in [6.07, 6.45) is 0.875. The molecule has 0 fully saturated rings. The number of hydrogen-bond donors (Lipinski definition) is 1. The first-order valence-corrected chi connectivity index (χ1v) is 6.69. The maximum atomic E-state index is 6.16. The van der Waals surface area contributed by atoms with Crippen molar-refractivity contribution in [2.75, 3.05) is 33.5 Å². The van der Waals surface area contributed by atoms with E-state index in [0.717, 1.165) is 23.6 Å². The van der Waals surface area contributed by atoms with E-state index in [1.165, 1.54) is 0 Å². The molecular formula is C14H22ClNO2. The molecule has 1 unspecified atom stereocenters. The molecule has 0 spiro atoms. The maximum absolute atomic E-state index is 6.16. The van der Waals surface area contributed by atoms with Gasteiger partial charge in [-0.05, 0) is 24.6 Å². The van der Waals surface area contributed by atoms with Crippen LogP contribution in [0.25, 0.3) is 0 Å². The molecule has 0 bridgehead atoms. The van der Waals surface area contributed by atoms with Crippen LogP contribution in [-0.2, 0) is 15.9 Å². The lowest BCUT2D eigenvalue weighted by Gasteiger charge is -2.18. The van der Waals surface area contributed by atoms with Crippen LogP contribution in [0.1, 0.15) is 12.5 Å². The Morgan fingerprint density at radius 2 is 2.06 bits per heavy atom. The summed E-state index contributed by atoms with van der Waals surface area (Å²) >= 11 is 6.16. The van der Waals surface area contributed by atoms with E-state index in [0.29, 0.717) is 19.8 Å². The van der Waals surface area contributed by atoms with Gasteiger partial charge in [-0.25, -0.2) is 0 Å². The van der Waals surface area contributed by atoms with E-state index in [-0.39, 0.29) is 6.04 Å². The summed E-state index contributed by atoms with van der Waals surface area (Å²) in [7, 11) is 1.68. The Kier molecular flexibility index (Phi) is 8.01. The Bertz CT molecular complexity index is 333. The van der Waals surface area contributed by atoms with Crippen LogP contribution in [-0.4, -0.2) is 39.5 Å². The van der Waals surface area contributed by atoms with E-state index in [9.17, 15) is 0 Å². The second-order valence-corrected chi connectivity index (χ2v) is 4.53. The molecule has 3 nitrogen and oxygen atoms in total. The number of likely N-dealkylation sites (N-methyl/N-ethyl adjacent to an activating group) is 1. The minimum Gasteiger partial charge on any atom is -0.382 e. The average molecular weight is 272 g/mol. The average Bonchev–Trinajstić information content (AvgIpc) is 2.37. The molecule has 0 aliphatic rings. The van der Waals surface area contributed by atoms with E-state index in [1.54, 1.807) is 7.11 Å². The van der Waals surface area contributed by atoms with E-state index in [1.807, 2.05) is 18.2 Å². The third kappa shape index (κ3) is 5.83. The number of benzene rings is 1. The molecule has 0 amide bonds. The Hall–Kier alpha value is -0.610. The van der Waals surface area contributed by atoms with Gasteiger partial charge in [-0.1, -0.05) is 36.7 Å². The number of halogens is 1. The molecule has 18 heavy (non-hydrogen) atoms. The third-order valence-electron chi connectivity index (χ3n) is 2.67. The van der Waals surface area contributed by atoms with Crippen LogP contribution >= 0.6 is 11.6 Å². The number of hydrogen-bond acceptors (Lipinski definition) is 3. The molecule has 1 atom stereocenters. The normalized spacial score (nSPS) is 12.6. The second-order valence-electron chi connectivity index (χ2n) is 4.12. The highest BCUT2D eigenvalue weighted by atomic mass is 35.5. The van der Waals surface area contributed by atoms with Gasteiger partial charge in [0.05, 0.1) is 19.8 Å². The highest BCUT2D eigenvalue weighted by Crippen LogP contribution is 2.16. The van der Waals surface area contributed by atoms with Crippen LogP contribution < -0.4 is 5.32 Å². The molecule has 0 aliphatic carbocycles. The molecular weight excluding hydrogens is 250 g/mol. The molecule has 1 aromatic rings. The summed E-state index contributed by atoms with van der Waals surface area (Å²) in [5.74, 6) is 0. The fraction of sp³-hybridized carbons (Fsp3) is 0.571. The lowest BCUT2D eigenvalue weighted by Crippen LogP contribution is -2.35. The first-order chi connectivity index (χ1) is 8.77. The summed E-state index contributed by atoms with van der Waals surface area (Å²) in [5.41, 5.74) is 1.15. The highest BCUT2D eigenvalue weighted by Gasteiger charge is 2.10. The summed E-state index contributed by atoms with van der Waals surface area (Å²) < 4.78 is 10.5. The van der Waals surface area contributed by atoms with Crippen molar-refractivity contribution >= 4 is 11.6 Å². The van der Waals surface area contributed by atoms with Crippen molar-refractivity contribution in [3.63, 3.8) is 0 Å². The van der Waals surface area contributed by atoms with Crippen molar-refractivity contribution < 1.29 is 9.47 Å². The lowest BCUT2D eigenvalue weighted by atomic mass is 10.1. The minimum absolute atomic E-state index is 0.284. The molecule has 1 N–H and O–H groups in total. The zero-order valence-electron chi connectivity index (χ0n) is 11.1. The van der Waals surface area contributed by atoms with Crippen LogP contribution in [0.15, 0.2) is 24.3 Å². The van der Waals surface area contributed by atoms with Crippen molar-refractivity contribution in [3.8, 4) is 0 Å². The molecule has 1 rings (SSSR count). The molecule has 102 valence electrons. The molecule has 0 aromatic heterocycles. The topological polar surface area (TPSA) is 30.5 Å². The van der Waals surface area contributed by atoms with Gasteiger partial charge < -0.3 is 14.8 Å². The Balaban J connectivity index is 2.44. The fourth-order valence-electron chi connectivity index (χ4n) is 1.78. The number of nitrogens with one attached hydrogen (secondary N) is 1. The van der Waals surface area contributed by atoms with Crippen LogP contribution in [0.2, 0.25) is 5.02 Å². The van der Waals surface area contributed by atoms with E-state index >= 15 is 0 Å². The summed E-state index contributed by atoms with van der Waals surface area (Å²) in [5, 5.41) is 4.23. The van der Waals surface area contributed by atoms with Gasteiger partial charge in [0.15, 0.2) is 0 Å². The Morgan fingerprint density at radius 1 is 1.28 bits per heavy atom. The van der Waals surface area contributed by atoms with Gasteiger partial charge in [-0.15, -0.1) is 0 Å². The van der Waals surface area contributed by atoms with Gasteiger partial charge in [0.2, 0.25) is 0 Å². The van der Waals surface area contributed by atoms with Gasteiger partial charge in [0.25, 0.3) is 0 Å². The summed E-state index contributed by atoms with van der Waals surface area (Å²) in [6.45, 7) is 4.94. The molecule has 0 saturated carbocycles. The zero-order chi connectivity index (χ0) is 13.2. The molecule has 0 aliphatic heterocycles. The van der Waals surface area contributed by atoms with E-state index < -0.39 is 0 Å². The molecule has 0 heterocycles. The third-order valence-corrected chi connectivity index (χ3v) is 3.04. The summed E-state index contributed by atoms with van der Waals surface area (Å²) in [4.78, 5) is 0. The van der Waals surface area contributed by atoms with Crippen molar-refractivity contribution in [2.45, 2.75) is 19.4 Å². The van der Waals surface area contributed by atoms with Crippen molar-refractivity contribution in [1.82, 2.24) is 5.32 Å². The van der Waals surface area contributed by atoms with Crippen LogP contribution in [0.5, 0.6) is 0 Å². The monoisotopic (exact) mass is 271 g/mol. The first kappa shape index (κ1) is 15.4. The standard InChI is InChI=1S/C14H22ClNO2/c1-3-16-13(11-18-9-8-17-2)10-12-6-4-5-7-14(12)15/h4-7,13,16H,3,8-11H2,1-2H3. The van der Waals surface area contributed by atoms with E-state index in [2.05, 4.69) is 18.3 Å². The van der Waals surface area contributed by atoms with Crippen molar-refractivity contribution in [2.24, 2.45) is 0 Å². The molecule has 4 heteroatoms. The Labute approximate surface area is 114 Å².